The predicted molar refractivity (Wildman–Crippen MR) is 78.0 cm³/mol. The molecule has 0 aromatic rings. The van der Waals surface area contributed by atoms with Gasteiger partial charge in [-0.3, -0.25) is 9.59 Å². The third-order valence-electron chi connectivity index (χ3n) is 4.62. The molecule has 0 unspecified atom stereocenters. The van der Waals surface area contributed by atoms with E-state index < -0.39 is 46.0 Å². The van der Waals surface area contributed by atoms with Crippen LogP contribution >= 0.6 is 11.8 Å². The summed E-state index contributed by atoms with van der Waals surface area (Å²) in [5.74, 6) is -3.22. The zero-order chi connectivity index (χ0) is 16.9. The van der Waals surface area contributed by atoms with Crippen LogP contribution in [0.3, 0.4) is 0 Å². The van der Waals surface area contributed by atoms with E-state index in [-0.39, 0.29) is 29.6 Å². The first kappa shape index (κ1) is 20.0. The molecule has 3 aliphatic heterocycles. The third-order valence-corrected chi connectivity index (χ3v) is 6.21. The number of ether oxygens (including phenoxy) is 1. The van der Waals surface area contributed by atoms with Crippen molar-refractivity contribution in [2.24, 2.45) is 5.92 Å². The van der Waals surface area contributed by atoms with Crippen molar-refractivity contribution in [3.63, 3.8) is 0 Å². The molecule has 3 heterocycles. The number of thioether (sulfide) groups is 1. The molecular weight excluding hydrogens is 347 g/mol. The summed E-state index contributed by atoms with van der Waals surface area (Å²) in [6.45, 7) is 5.01. The van der Waals surface area contributed by atoms with Gasteiger partial charge in [-0.05, 0) is 13.8 Å². The number of carboxylic acids is 1. The molecule has 3 fully saturated rings. The number of hydrogen-bond acceptors (Lipinski definition) is 7. The van der Waals surface area contributed by atoms with Gasteiger partial charge in [-0.15, -0.1) is 11.8 Å². The summed E-state index contributed by atoms with van der Waals surface area (Å²) >= 11 is 1.29. The van der Waals surface area contributed by atoms with E-state index in [1.54, 1.807) is 13.8 Å². The number of nitrogens with zero attached hydrogens (tertiary/aromatic N) is 2. The van der Waals surface area contributed by atoms with Crippen LogP contribution in [0.5, 0.6) is 0 Å². The van der Waals surface area contributed by atoms with Crippen molar-refractivity contribution in [2.45, 2.75) is 36.1 Å². The topological polar surface area (TPSA) is 110 Å². The third kappa shape index (κ3) is 3.10. The van der Waals surface area contributed by atoms with Gasteiger partial charge >= 0.3 is 29.6 Å². The van der Waals surface area contributed by atoms with Crippen molar-refractivity contribution in [2.75, 3.05) is 26.3 Å². The van der Waals surface area contributed by atoms with Crippen LogP contribution in [0.25, 0.3) is 0 Å². The Morgan fingerprint density at radius 1 is 1.38 bits per heavy atom. The van der Waals surface area contributed by atoms with Gasteiger partial charge in [0, 0.05) is 17.8 Å². The minimum absolute atomic E-state index is 0. The van der Waals surface area contributed by atoms with Crippen LogP contribution < -0.4 is 34.7 Å². The van der Waals surface area contributed by atoms with Crippen LogP contribution in [0.2, 0.25) is 0 Å². The molecule has 0 aromatic heterocycles. The first-order chi connectivity index (χ1) is 10.8. The molecule has 1 N–H and O–H groups in total. The van der Waals surface area contributed by atoms with Gasteiger partial charge < -0.3 is 29.5 Å². The van der Waals surface area contributed by atoms with Crippen LogP contribution in [0.15, 0.2) is 0 Å². The van der Waals surface area contributed by atoms with Crippen LogP contribution in [0, 0.1) is 5.92 Å². The molecule has 0 aliphatic carbocycles. The summed E-state index contributed by atoms with van der Waals surface area (Å²) in [4.78, 5) is 38.7. The van der Waals surface area contributed by atoms with Gasteiger partial charge in [0.1, 0.15) is 12.0 Å². The van der Waals surface area contributed by atoms with Crippen LogP contribution in [0.4, 0.5) is 0 Å². The number of rotatable bonds is 3. The molecule has 3 rings (SSSR count). The first-order valence-corrected chi connectivity index (χ1v) is 8.39. The fourth-order valence-electron chi connectivity index (χ4n) is 3.44. The van der Waals surface area contributed by atoms with Crippen molar-refractivity contribution >= 4 is 29.5 Å². The fourth-order valence-corrected chi connectivity index (χ4v) is 5.15. The molecule has 128 valence electrons. The van der Waals surface area contributed by atoms with E-state index in [4.69, 9.17) is 4.74 Å². The van der Waals surface area contributed by atoms with Gasteiger partial charge in [-0.25, -0.2) is 0 Å². The number of aliphatic hydroxyl groups is 1. The number of aliphatic carboxylic acids is 1. The number of β-lactam (4-membered cyclic amide) rings is 1. The predicted octanol–water partition coefficient (Wildman–Crippen LogP) is -5.36. The monoisotopic (exact) mass is 366 g/mol. The molecule has 0 saturated carbocycles. The van der Waals surface area contributed by atoms with E-state index in [0.717, 1.165) is 0 Å². The van der Waals surface area contributed by atoms with Gasteiger partial charge in [0.05, 0.1) is 30.6 Å². The van der Waals surface area contributed by atoms with Crippen molar-refractivity contribution < 1.29 is 58.9 Å². The first-order valence-electron chi connectivity index (χ1n) is 7.51. The summed E-state index contributed by atoms with van der Waals surface area (Å²) in [7, 11) is 0. The van der Waals surface area contributed by atoms with Gasteiger partial charge in [0.15, 0.2) is 0 Å². The maximum absolute atomic E-state index is 12.4. The summed E-state index contributed by atoms with van der Waals surface area (Å²) in [6, 6.07) is -1.05. The molecule has 4 atom stereocenters. The Hall–Kier alpha value is -0.320. The average Bonchev–Trinajstić information content (AvgIpc) is 2.75. The number of amides is 2. The quantitative estimate of drug-likeness (QED) is 0.392. The molecule has 10 heteroatoms. The maximum Gasteiger partial charge on any atom is 1.00 e. The van der Waals surface area contributed by atoms with E-state index in [1.807, 2.05) is 0 Å². The van der Waals surface area contributed by atoms with Gasteiger partial charge in [0.25, 0.3) is 5.91 Å². The van der Waals surface area contributed by atoms with Crippen molar-refractivity contribution in [1.29, 1.82) is 0 Å². The largest absolute Gasteiger partial charge is 1.00 e. The second-order valence-corrected chi connectivity index (χ2v) is 8.26. The van der Waals surface area contributed by atoms with Crippen LogP contribution in [-0.2, 0) is 19.1 Å². The van der Waals surface area contributed by atoms with Gasteiger partial charge in [-0.1, -0.05) is 0 Å². The Morgan fingerprint density at radius 3 is 2.50 bits per heavy atom. The minimum Gasteiger partial charge on any atom is -0.548 e. The van der Waals surface area contributed by atoms with Crippen molar-refractivity contribution in [3.8, 4) is 0 Å². The van der Waals surface area contributed by atoms with E-state index >= 15 is 0 Å². The molecule has 0 spiro atoms. The second-order valence-electron chi connectivity index (χ2n) is 6.49. The molecule has 8 nitrogen and oxygen atoms in total. The van der Waals surface area contributed by atoms with Gasteiger partial charge in [-0.2, -0.15) is 0 Å². The second kappa shape index (κ2) is 7.13. The van der Waals surface area contributed by atoms with Crippen molar-refractivity contribution in [1.82, 2.24) is 9.80 Å². The minimum atomic E-state index is -1.45. The molecule has 0 bridgehead atoms. The standard InChI is InChI=1S/C14H20N2O6S.Na/c1-14(2)9(13(20)21)16-10(18)7(12(16)23-14)8(17)11(19)15-3-5-22-6-4-15;/h7-9,12,17H,3-6H2,1-2H3,(H,20,21);/q;+1/p-1/t7-,8-,9+,12-;/m1./s1. The number of carboxylic acid groups (broad SMARTS) is 1. The molecule has 2 amide bonds. The molecule has 0 aromatic carbocycles. The number of carbonyl (C=O) groups is 3. The zero-order valence-electron chi connectivity index (χ0n) is 13.9. The Labute approximate surface area is 166 Å². The van der Waals surface area contributed by atoms with E-state index in [0.29, 0.717) is 26.3 Å². The molecular formula is C14H19N2NaO6S. The molecule has 3 saturated heterocycles. The molecule has 3 aliphatic rings. The SMILES string of the molecule is CC1(C)S[C@@H]2[C@H]([C@@H](O)C(=O)N3CCOCC3)C(=O)N2[C@H]1C(=O)[O-].[Na+]. The molecule has 0 radical (unpaired) electrons. The summed E-state index contributed by atoms with van der Waals surface area (Å²) in [5.41, 5.74) is 0. The number of aliphatic hydroxyl groups excluding tert-OH is 1. The van der Waals surface area contributed by atoms with Gasteiger partial charge in [0.2, 0.25) is 5.91 Å². The molecule has 24 heavy (non-hydrogen) atoms. The van der Waals surface area contributed by atoms with E-state index in [1.165, 1.54) is 21.6 Å². The smallest absolute Gasteiger partial charge is 0.548 e. The zero-order valence-corrected chi connectivity index (χ0v) is 16.7. The Kier molecular flexibility index (Phi) is 5.94. The summed E-state index contributed by atoms with van der Waals surface area (Å²) in [5, 5.41) is 21.2. The Bertz CT molecular complexity index is 553. The number of hydrogen-bond donors (Lipinski definition) is 1. The fraction of sp³-hybridized carbons (Fsp3) is 0.786. The van der Waals surface area contributed by atoms with Crippen molar-refractivity contribution in [3.05, 3.63) is 0 Å². The maximum atomic E-state index is 12.4. The van der Waals surface area contributed by atoms with Crippen LogP contribution in [-0.4, -0.2) is 81.3 Å². The normalized spacial score (nSPS) is 32.5. The van der Waals surface area contributed by atoms with E-state index in [2.05, 4.69) is 0 Å². The number of morpholine rings is 1. The van der Waals surface area contributed by atoms with Crippen LogP contribution in [0.1, 0.15) is 13.8 Å². The summed E-state index contributed by atoms with van der Waals surface area (Å²) in [6.07, 6.45) is -1.45. The summed E-state index contributed by atoms with van der Waals surface area (Å²) < 4.78 is 4.44. The number of fused-ring (bicyclic) bond motifs is 1. The number of carbonyl (C=O) groups excluding carboxylic acids is 3. The average molecular weight is 366 g/mol. The Balaban J connectivity index is 0.00000208. The van der Waals surface area contributed by atoms with E-state index in [9.17, 15) is 24.6 Å². The Morgan fingerprint density at radius 2 is 1.96 bits per heavy atom.